The number of rotatable bonds is 6. The predicted octanol–water partition coefficient (Wildman–Crippen LogP) is 1.10. The third kappa shape index (κ3) is 2.83. The second kappa shape index (κ2) is 6.86. The Balaban J connectivity index is 1.85. The number of aromatic nitrogens is 1. The van der Waals surface area contributed by atoms with Crippen molar-refractivity contribution in [3.63, 3.8) is 0 Å². The van der Waals surface area contributed by atoms with Gasteiger partial charge in [-0.2, -0.15) is 0 Å². The minimum atomic E-state index is -1.18. The molecule has 0 spiro atoms. The molecule has 3 rings (SSSR count). The van der Waals surface area contributed by atoms with Crippen LogP contribution in [0.25, 0.3) is 6.08 Å². The number of primary amides is 1. The number of carboxylic acid groups (broad SMARTS) is 1. The number of nitrogens with zero attached hydrogens (tertiary/aromatic N) is 2. The third-order valence-electron chi connectivity index (χ3n) is 4.55. The molecule has 0 aliphatic carbocycles. The van der Waals surface area contributed by atoms with Gasteiger partial charge in [0.15, 0.2) is 0 Å². The molecule has 4 atom stereocenters. The zero-order valence-electron chi connectivity index (χ0n) is 13.9. The number of hydrogen-bond donors (Lipinski definition) is 3. The highest BCUT2D eigenvalue weighted by Crippen LogP contribution is 2.50. The number of carbonyl (C=O) groups excluding carboxylic acids is 2. The van der Waals surface area contributed by atoms with Gasteiger partial charge < -0.3 is 20.8 Å². The van der Waals surface area contributed by atoms with E-state index in [0.717, 1.165) is 0 Å². The van der Waals surface area contributed by atoms with E-state index in [9.17, 15) is 24.6 Å². The SMILES string of the molecule is C[C@@H](O)[C@H]1C(=O)N2C(C(=O)O)=C(SC=Cc3scnc3C(N)=O)[C@H](C)[C@H]12. The predicted molar refractivity (Wildman–Crippen MR) is 96.9 cm³/mol. The Kier molecular flexibility index (Phi) is 4.91. The van der Waals surface area contributed by atoms with E-state index in [-0.39, 0.29) is 29.3 Å². The third-order valence-corrected chi connectivity index (χ3v) is 6.44. The maximum atomic E-state index is 12.3. The number of thioether (sulfide) groups is 1. The van der Waals surface area contributed by atoms with Gasteiger partial charge in [0, 0.05) is 10.8 Å². The lowest BCUT2D eigenvalue weighted by Gasteiger charge is -2.46. The average molecular weight is 395 g/mol. The molecule has 10 heteroatoms. The summed E-state index contributed by atoms with van der Waals surface area (Å²) < 4.78 is 0. The fourth-order valence-electron chi connectivity index (χ4n) is 3.41. The molecule has 0 unspecified atom stereocenters. The lowest BCUT2D eigenvalue weighted by atomic mass is 9.79. The summed E-state index contributed by atoms with van der Waals surface area (Å²) in [6.45, 7) is 3.38. The molecule has 1 aromatic heterocycles. The molecule has 0 radical (unpaired) electrons. The number of aliphatic hydroxyl groups is 1. The number of β-lactam (4-membered cyclic amide) rings is 1. The summed E-state index contributed by atoms with van der Waals surface area (Å²) in [5.74, 6) is -2.99. The van der Waals surface area contributed by atoms with Crippen LogP contribution in [0.4, 0.5) is 0 Å². The van der Waals surface area contributed by atoms with Gasteiger partial charge >= 0.3 is 5.97 Å². The summed E-state index contributed by atoms with van der Waals surface area (Å²) in [5.41, 5.74) is 6.87. The first-order chi connectivity index (χ1) is 12.3. The van der Waals surface area contributed by atoms with Gasteiger partial charge in [-0.3, -0.25) is 9.59 Å². The Hall–Kier alpha value is -2.17. The molecule has 0 saturated carbocycles. The van der Waals surface area contributed by atoms with Crippen molar-refractivity contribution in [2.24, 2.45) is 17.6 Å². The highest BCUT2D eigenvalue weighted by Gasteiger charge is 2.59. The van der Waals surface area contributed by atoms with E-state index in [1.807, 2.05) is 6.92 Å². The van der Waals surface area contributed by atoms with E-state index in [2.05, 4.69) is 4.98 Å². The molecule has 2 amide bonds. The number of aliphatic hydroxyl groups excluding tert-OH is 1. The zero-order chi connectivity index (χ0) is 19.2. The summed E-state index contributed by atoms with van der Waals surface area (Å²) in [7, 11) is 0. The van der Waals surface area contributed by atoms with Crippen LogP contribution in [-0.2, 0) is 9.59 Å². The molecular weight excluding hydrogens is 378 g/mol. The van der Waals surface area contributed by atoms with Gasteiger partial charge in [0.2, 0.25) is 5.91 Å². The number of carboxylic acids is 1. The largest absolute Gasteiger partial charge is 0.477 e. The van der Waals surface area contributed by atoms with Crippen molar-refractivity contribution in [3.05, 3.63) is 32.1 Å². The highest BCUT2D eigenvalue weighted by molar-refractivity contribution is 8.06. The fourth-order valence-corrected chi connectivity index (χ4v) is 5.18. The molecule has 138 valence electrons. The van der Waals surface area contributed by atoms with Crippen LogP contribution in [0.1, 0.15) is 29.2 Å². The Morgan fingerprint density at radius 3 is 2.77 bits per heavy atom. The van der Waals surface area contributed by atoms with Crippen molar-refractivity contribution in [2.45, 2.75) is 26.0 Å². The van der Waals surface area contributed by atoms with Crippen LogP contribution in [0.15, 0.2) is 21.5 Å². The summed E-state index contributed by atoms with van der Waals surface area (Å²) in [4.78, 5) is 41.5. The number of carbonyl (C=O) groups is 3. The van der Waals surface area contributed by atoms with Crippen LogP contribution in [0, 0.1) is 11.8 Å². The van der Waals surface area contributed by atoms with Gasteiger partial charge in [0.05, 0.1) is 28.5 Å². The van der Waals surface area contributed by atoms with Crippen molar-refractivity contribution in [3.8, 4) is 0 Å². The smallest absolute Gasteiger partial charge is 0.353 e. The van der Waals surface area contributed by atoms with Gasteiger partial charge in [-0.05, 0) is 18.4 Å². The van der Waals surface area contributed by atoms with Gasteiger partial charge in [-0.15, -0.1) is 11.3 Å². The van der Waals surface area contributed by atoms with Crippen molar-refractivity contribution in [2.75, 3.05) is 0 Å². The van der Waals surface area contributed by atoms with Gasteiger partial charge in [-0.25, -0.2) is 9.78 Å². The molecule has 1 saturated heterocycles. The Labute approximate surface area is 157 Å². The van der Waals surface area contributed by atoms with Crippen molar-refractivity contribution >= 4 is 47.0 Å². The molecule has 26 heavy (non-hydrogen) atoms. The fraction of sp³-hybridized carbons (Fsp3) is 0.375. The first kappa shape index (κ1) is 18.6. The topological polar surface area (TPSA) is 134 Å². The van der Waals surface area contributed by atoms with Gasteiger partial charge in [0.1, 0.15) is 11.4 Å². The molecule has 2 aliphatic heterocycles. The summed E-state index contributed by atoms with van der Waals surface area (Å²) >= 11 is 2.42. The molecule has 2 aliphatic rings. The van der Waals surface area contributed by atoms with E-state index in [1.165, 1.54) is 40.4 Å². The average Bonchev–Trinajstić information content (AvgIpc) is 3.10. The highest BCUT2D eigenvalue weighted by atomic mass is 32.2. The minimum Gasteiger partial charge on any atom is -0.477 e. The van der Waals surface area contributed by atoms with Gasteiger partial charge in [0.25, 0.3) is 5.91 Å². The van der Waals surface area contributed by atoms with Crippen molar-refractivity contribution in [1.82, 2.24) is 9.88 Å². The van der Waals surface area contributed by atoms with Crippen molar-refractivity contribution < 1.29 is 24.6 Å². The second-order valence-electron chi connectivity index (χ2n) is 6.12. The maximum Gasteiger partial charge on any atom is 0.353 e. The van der Waals surface area contributed by atoms with Crippen LogP contribution in [0.3, 0.4) is 0 Å². The molecule has 4 N–H and O–H groups in total. The quantitative estimate of drug-likeness (QED) is 0.614. The summed E-state index contributed by atoms with van der Waals surface area (Å²) in [5, 5.41) is 21.0. The number of amides is 2. The monoisotopic (exact) mass is 395 g/mol. The van der Waals surface area contributed by atoms with Gasteiger partial charge in [-0.1, -0.05) is 18.7 Å². The maximum absolute atomic E-state index is 12.3. The molecule has 1 fully saturated rings. The number of hydrogen-bond acceptors (Lipinski definition) is 7. The first-order valence-corrected chi connectivity index (χ1v) is 9.56. The molecule has 0 bridgehead atoms. The van der Waals surface area contributed by atoms with Crippen LogP contribution in [0.5, 0.6) is 0 Å². The molecular formula is C16H17N3O5S2. The molecule has 0 aromatic carbocycles. The first-order valence-electron chi connectivity index (χ1n) is 7.80. The Morgan fingerprint density at radius 2 is 2.19 bits per heavy atom. The summed E-state index contributed by atoms with van der Waals surface area (Å²) in [6.07, 6.45) is 0.807. The number of nitrogens with two attached hydrogens (primary N) is 1. The molecule has 3 heterocycles. The van der Waals surface area contributed by atoms with Crippen LogP contribution in [-0.4, -0.2) is 50.0 Å². The number of aliphatic carboxylic acids is 1. The van der Waals surface area contributed by atoms with E-state index in [4.69, 9.17) is 5.73 Å². The van der Waals surface area contributed by atoms with Crippen LogP contribution >= 0.6 is 23.1 Å². The lowest BCUT2D eigenvalue weighted by molar-refractivity contribution is -0.163. The zero-order valence-corrected chi connectivity index (χ0v) is 15.6. The van der Waals surface area contributed by atoms with E-state index < -0.39 is 23.9 Å². The Morgan fingerprint density at radius 1 is 1.50 bits per heavy atom. The standard InChI is InChI=1S/C16H17N3O5S2/c1-6-11-9(7(2)20)15(22)19(11)12(16(23)24)13(6)25-4-3-8-10(14(17)21)18-5-26-8/h3-7,9,11,20H,1-2H3,(H2,17,21)(H,23,24)/t6-,7-,9-,11-/m1/s1. The Bertz CT molecular complexity index is 845. The van der Waals surface area contributed by atoms with Crippen molar-refractivity contribution in [1.29, 1.82) is 0 Å². The normalized spacial score (nSPS) is 26.2. The molecule has 1 aromatic rings. The van der Waals surface area contributed by atoms with Crippen LogP contribution < -0.4 is 5.73 Å². The number of thiazole rings is 1. The van der Waals surface area contributed by atoms with E-state index in [0.29, 0.717) is 9.78 Å². The van der Waals surface area contributed by atoms with E-state index in [1.54, 1.807) is 11.5 Å². The van der Waals surface area contributed by atoms with Crippen LogP contribution in [0.2, 0.25) is 0 Å². The van der Waals surface area contributed by atoms with E-state index >= 15 is 0 Å². The minimum absolute atomic E-state index is 0.0431. The summed E-state index contributed by atoms with van der Waals surface area (Å²) in [6, 6.07) is -0.353. The molecule has 8 nitrogen and oxygen atoms in total. The number of fused-ring (bicyclic) bond motifs is 1. The second-order valence-corrected chi connectivity index (χ2v) is 7.96. The lowest BCUT2D eigenvalue weighted by Crippen LogP contribution is -2.63.